The normalized spacial score (nSPS) is 21.2. The molecule has 1 fully saturated rings. The zero-order valence-electron chi connectivity index (χ0n) is 8.00. The Kier molecular flexibility index (Phi) is 3.46. The molecule has 0 aromatic rings. The van der Waals surface area contributed by atoms with Crippen LogP contribution in [0.4, 0.5) is 4.39 Å². The topological polar surface area (TPSA) is 20.3 Å². The summed E-state index contributed by atoms with van der Waals surface area (Å²) < 4.78 is 13.4. The van der Waals surface area contributed by atoms with Gasteiger partial charge in [0.15, 0.2) is 6.17 Å². The Morgan fingerprint density at radius 2 is 2.08 bits per heavy atom. The van der Waals surface area contributed by atoms with Gasteiger partial charge in [0.2, 0.25) is 0 Å². The average molecular weight is 185 g/mol. The number of likely N-dealkylation sites (tertiary alicyclic amines) is 1. The summed E-state index contributed by atoms with van der Waals surface area (Å²) in [7, 11) is 0. The van der Waals surface area contributed by atoms with E-state index in [-0.39, 0.29) is 11.8 Å². The molecule has 1 rings (SSSR count). The fourth-order valence-electron chi connectivity index (χ4n) is 1.46. The zero-order chi connectivity index (χ0) is 9.84. The van der Waals surface area contributed by atoms with Gasteiger partial charge < -0.3 is 4.90 Å². The van der Waals surface area contributed by atoms with Crippen LogP contribution in [0.1, 0.15) is 19.8 Å². The molecular weight excluding hydrogens is 169 g/mol. The van der Waals surface area contributed by atoms with E-state index < -0.39 is 6.17 Å². The summed E-state index contributed by atoms with van der Waals surface area (Å²) in [5.74, 6) is -0.752. The molecule has 0 aromatic carbocycles. The van der Waals surface area contributed by atoms with E-state index in [2.05, 4.69) is 6.58 Å². The van der Waals surface area contributed by atoms with Crippen LogP contribution in [0.2, 0.25) is 0 Å². The predicted molar refractivity (Wildman–Crippen MR) is 50.1 cm³/mol. The van der Waals surface area contributed by atoms with Crippen LogP contribution < -0.4 is 0 Å². The third kappa shape index (κ3) is 2.29. The average Bonchev–Trinajstić information content (AvgIpc) is 2.67. The number of carbonyl (C=O) groups is 1. The van der Waals surface area contributed by atoms with Crippen molar-refractivity contribution in [2.45, 2.75) is 25.9 Å². The maximum Gasteiger partial charge on any atom is 0.257 e. The lowest BCUT2D eigenvalue weighted by Gasteiger charge is -2.20. The zero-order valence-corrected chi connectivity index (χ0v) is 8.00. The van der Waals surface area contributed by atoms with E-state index in [1.807, 2.05) is 0 Å². The summed E-state index contributed by atoms with van der Waals surface area (Å²) in [6.07, 6.45) is 2.08. The van der Waals surface area contributed by atoms with Crippen LogP contribution in [-0.2, 0) is 4.79 Å². The van der Waals surface area contributed by atoms with Crippen molar-refractivity contribution < 1.29 is 9.18 Å². The van der Waals surface area contributed by atoms with Gasteiger partial charge in [0, 0.05) is 19.0 Å². The van der Waals surface area contributed by atoms with Crippen molar-refractivity contribution in [1.82, 2.24) is 4.90 Å². The summed E-state index contributed by atoms with van der Waals surface area (Å²) in [5, 5.41) is 0. The standard InChI is InChI=1S/C10H16FNO/c1-3-8(2)9(11)10(13)12-6-4-5-7-12/h3,8-9H,1,4-7H2,2H3/t8-,9+/m0/s1. The molecule has 1 heterocycles. The minimum Gasteiger partial charge on any atom is -0.340 e. The number of alkyl halides is 1. The first kappa shape index (κ1) is 10.2. The number of nitrogens with zero attached hydrogens (tertiary/aromatic N) is 1. The SMILES string of the molecule is C=C[C@H](C)[C@@H](F)C(=O)N1CCCC1. The van der Waals surface area contributed by atoms with E-state index in [0.29, 0.717) is 13.1 Å². The second-order valence-electron chi connectivity index (χ2n) is 3.53. The quantitative estimate of drug-likeness (QED) is 0.614. The first-order chi connectivity index (χ1) is 6.16. The summed E-state index contributed by atoms with van der Waals surface area (Å²) in [5.41, 5.74) is 0. The molecular formula is C10H16FNO. The smallest absolute Gasteiger partial charge is 0.257 e. The lowest BCUT2D eigenvalue weighted by molar-refractivity contribution is -0.136. The van der Waals surface area contributed by atoms with Gasteiger partial charge in [0.05, 0.1) is 0 Å². The Balaban J connectivity index is 2.50. The molecule has 0 saturated carbocycles. The molecule has 0 aromatic heterocycles. The fourth-order valence-corrected chi connectivity index (χ4v) is 1.46. The van der Waals surface area contributed by atoms with E-state index in [0.717, 1.165) is 12.8 Å². The molecule has 2 atom stereocenters. The second kappa shape index (κ2) is 4.40. The minimum absolute atomic E-state index is 0.370. The Labute approximate surface area is 78.4 Å². The largest absolute Gasteiger partial charge is 0.340 e. The van der Waals surface area contributed by atoms with Crippen molar-refractivity contribution in [3.63, 3.8) is 0 Å². The Hall–Kier alpha value is -0.860. The fraction of sp³-hybridized carbons (Fsp3) is 0.700. The highest BCUT2D eigenvalue weighted by Gasteiger charge is 2.28. The molecule has 0 aliphatic carbocycles. The number of rotatable bonds is 3. The number of allylic oxidation sites excluding steroid dienone is 1. The molecule has 0 N–H and O–H groups in total. The molecule has 0 unspecified atom stereocenters. The van der Waals surface area contributed by atoms with Gasteiger partial charge in [-0.25, -0.2) is 4.39 Å². The van der Waals surface area contributed by atoms with E-state index >= 15 is 0 Å². The lowest BCUT2D eigenvalue weighted by atomic mass is 10.1. The number of carbonyl (C=O) groups excluding carboxylic acids is 1. The van der Waals surface area contributed by atoms with Crippen molar-refractivity contribution in [1.29, 1.82) is 0 Å². The molecule has 3 heteroatoms. The molecule has 74 valence electrons. The molecule has 1 aliphatic heterocycles. The van der Waals surface area contributed by atoms with Crippen LogP contribution in [0.3, 0.4) is 0 Å². The summed E-state index contributed by atoms with van der Waals surface area (Å²) in [6.45, 7) is 6.58. The van der Waals surface area contributed by atoms with E-state index in [9.17, 15) is 9.18 Å². The number of hydrogen-bond donors (Lipinski definition) is 0. The highest BCUT2D eigenvalue weighted by Crippen LogP contribution is 2.15. The van der Waals surface area contributed by atoms with Gasteiger partial charge in [-0.15, -0.1) is 6.58 Å². The molecule has 1 aliphatic rings. The molecule has 1 saturated heterocycles. The number of amides is 1. The van der Waals surface area contributed by atoms with Gasteiger partial charge in [-0.1, -0.05) is 13.0 Å². The van der Waals surface area contributed by atoms with Crippen LogP contribution in [-0.4, -0.2) is 30.1 Å². The van der Waals surface area contributed by atoms with E-state index in [4.69, 9.17) is 0 Å². The Morgan fingerprint density at radius 1 is 1.54 bits per heavy atom. The molecule has 0 bridgehead atoms. The molecule has 0 spiro atoms. The van der Waals surface area contributed by atoms with Crippen molar-refractivity contribution in [2.24, 2.45) is 5.92 Å². The monoisotopic (exact) mass is 185 g/mol. The van der Waals surface area contributed by atoms with Crippen LogP contribution >= 0.6 is 0 Å². The maximum atomic E-state index is 13.4. The van der Waals surface area contributed by atoms with E-state index in [1.54, 1.807) is 11.8 Å². The van der Waals surface area contributed by atoms with Crippen molar-refractivity contribution in [3.05, 3.63) is 12.7 Å². The van der Waals surface area contributed by atoms with Gasteiger partial charge in [0.1, 0.15) is 0 Å². The van der Waals surface area contributed by atoms with Gasteiger partial charge in [-0.3, -0.25) is 4.79 Å². The number of hydrogen-bond acceptors (Lipinski definition) is 1. The Morgan fingerprint density at radius 3 is 2.54 bits per heavy atom. The maximum absolute atomic E-state index is 13.4. The predicted octanol–water partition coefficient (Wildman–Crippen LogP) is 1.77. The van der Waals surface area contributed by atoms with Gasteiger partial charge in [0.25, 0.3) is 5.91 Å². The van der Waals surface area contributed by atoms with Crippen LogP contribution in [0.25, 0.3) is 0 Å². The first-order valence-electron chi connectivity index (χ1n) is 4.72. The third-order valence-corrected chi connectivity index (χ3v) is 2.49. The van der Waals surface area contributed by atoms with Crippen molar-refractivity contribution >= 4 is 5.91 Å². The third-order valence-electron chi connectivity index (χ3n) is 2.49. The van der Waals surface area contributed by atoms with Gasteiger partial charge in [-0.2, -0.15) is 0 Å². The highest BCUT2D eigenvalue weighted by atomic mass is 19.1. The summed E-state index contributed by atoms with van der Waals surface area (Å²) in [6, 6.07) is 0. The lowest BCUT2D eigenvalue weighted by Crippen LogP contribution is -2.37. The summed E-state index contributed by atoms with van der Waals surface area (Å²) >= 11 is 0. The van der Waals surface area contributed by atoms with Crippen molar-refractivity contribution in [3.8, 4) is 0 Å². The second-order valence-corrected chi connectivity index (χ2v) is 3.53. The summed E-state index contributed by atoms with van der Waals surface area (Å²) in [4.78, 5) is 13.1. The van der Waals surface area contributed by atoms with Crippen molar-refractivity contribution in [2.75, 3.05) is 13.1 Å². The molecule has 13 heavy (non-hydrogen) atoms. The molecule has 2 nitrogen and oxygen atoms in total. The molecule has 0 radical (unpaired) electrons. The minimum atomic E-state index is -1.41. The van der Waals surface area contributed by atoms with Gasteiger partial charge >= 0.3 is 0 Å². The van der Waals surface area contributed by atoms with E-state index in [1.165, 1.54) is 6.08 Å². The van der Waals surface area contributed by atoms with Crippen LogP contribution in [0, 0.1) is 5.92 Å². The number of halogens is 1. The Bertz CT molecular complexity index is 199. The van der Waals surface area contributed by atoms with Crippen LogP contribution in [0.15, 0.2) is 12.7 Å². The van der Waals surface area contributed by atoms with Gasteiger partial charge in [-0.05, 0) is 12.8 Å². The highest BCUT2D eigenvalue weighted by molar-refractivity contribution is 5.81. The molecule has 1 amide bonds. The van der Waals surface area contributed by atoms with Crippen LogP contribution in [0.5, 0.6) is 0 Å². The first-order valence-corrected chi connectivity index (χ1v) is 4.72.